The van der Waals surface area contributed by atoms with E-state index in [1.165, 1.54) is 6.08 Å². The highest BCUT2D eigenvalue weighted by Gasteiger charge is 2.16. The molecule has 0 unspecified atom stereocenters. The fraction of sp³-hybridized carbons (Fsp3) is 0.0400. The third-order valence-electron chi connectivity index (χ3n) is 4.57. The number of benzene rings is 3. The molecule has 0 aliphatic rings. The minimum Gasteiger partial charge on any atom is -0.489 e. The fourth-order valence-corrected chi connectivity index (χ4v) is 3.64. The van der Waals surface area contributed by atoms with Crippen molar-refractivity contribution in [1.82, 2.24) is 10.2 Å². The van der Waals surface area contributed by atoms with E-state index in [4.69, 9.17) is 26.0 Å². The number of carbonyl (C=O) groups is 1. The number of nitriles is 1. The van der Waals surface area contributed by atoms with Gasteiger partial charge in [0.25, 0.3) is 5.22 Å². The van der Waals surface area contributed by atoms with Crippen LogP contribution in [0, 0.1) is 11.3 Å². The van der Waals surface area contributed by atoms with E-state index in [0.29, 0.717) is 34.1 Å². The third kappa shape index (κ3) is 6.04. The van der Waals surface area contributed by atoms with E-state index in [2.05, 4.69) is 16.3 Å². The molecule has 3 aromatic carbocycles. The van der Waals surface area contributed by atoms with Gasteiger partial charge in [-0.1, -0.05) is 35.9 Å². The van der Waals surface area contributed by atoms with Crippen LogP contribution in [0.3, 0.4) is 0 Å². The molecular weight excluding hydrogens is 474 g/mol. The molecule has 7 nitrogen and oxygen atoms in total. The number of carboxylic acid groups (broad SMARTS) is 1. The first-order valence-corrected chi connectivity index (χ1v) is 11.1. The molecule has 9 heteroatoms. The van der Waals surface area contributed by atoms with E-state index in [0.717, 1.165) is 17.3 Å². The molecule has 1 N–H and O–H groups in total. The van der Waals surface area contributed by atoms with Gasteiger partial charge in [0.1, 0.15) is 17.3 Å². The first-order chi connectivity index (χ1) is 16.5. The summed E-state index contributed by atoms with van der Waals surface area (Å²) in [5, 5.41) is 27.1. The molecule has 0 spiro atoms. The van der Waals surface area contributed by atoms with Gasteiger partial charge in [-0.2, -0.15) is 5.26 Å². The molecule has 1 heterocycles. The van der Waals surface area contributed by atoms with Gasteiger partial charge in [0.05, 0.1) is 11.6 Å². The Hall–Kier alpha value is -4.06. The summed E-state index contributed by atoms with van der Waals surface area (Å²) in [6.45, 7) is 0.351. The largest absolute Gasteiger partial charge is 0.489 e. The molecule has 0 aliphatic heterocycles. The summed E-state index contributed by atoms with van der Waals surface area (Å²) in [4.78, 5) is 11.8. The number of aromatic nitrogens is 2. The van der Waals surface area contributed by atoms with E-state index in [1.54, 1.807) is 60.7 Å². The number of hydrogen-bond acceptors (Lipinski definition) is 7. The Kier molecular flexibility index (Phi) is 7.28. The van der Waals surface area contributed by atoms with Crippen LogP contribution in [0.25, 0.3) is 17.5 Å². The molecule has 0 saturated heterocycles. The number of rotatable bonds is 8. The lowest BCUT2D eigenvalue weighted by molar-refractivity contribution is -0.131. The predicted octanol–water partition coefficient (Wildman–Crippen LogP) is 6.06. The van der Waals surface area contributed by atoms with Crippen molar-refractivity contribution in [1.29, 1.82) is 5.26 Å². The second-order valence-electron chi connectivity index (χ2n) is 6.96. The van der Waals surface area contributed by atoms with Crippen LogP contribution >= 0.6 is 23.4 Å². The van der Waals surface area contributed by atoms with Gasteiger partial charge in [0, 0.05) is 10.6 Å². The highest BCUT2D eigenvalue weighted by molar-refractivity contribution is 8.03. The van der Waals surface area contributed by atoms with Crippen molar-refractivity contribution in [3.05, 3.63) is 99.4 Å². The number of carboxylic acids is 1. The maximum atomic E-state index is 11.8. The molecule has 1 aromatic heterocycles. The number of hydrogen-bond donors (Lipinski definition) is 1. The van der Waals surface area contributed by atoms with Crippen molar-refractivity contribution < 1.29 is 19.1 Å². The van der Waals surface area contributed by atoms with E-state index >= 15 is 0 Å². The lowest BCUT2D eigenvalue weighted by Crippen LogP contribution is -1.97. The molecule has 0 bridgehead atoms. The summed E-state index contributed by atoms with van der Waals surface area (Å²) in [6, 6.07) is 23.1. The summed E-state index contributed by atoms with van der Waals surface area (Å²) in [7, 11) is 0. The fourth-order valence-electron chi connectivity index (χ4n) is 2.84. The highest BCUT2D eigenvalue weighted by atomic mass is 35.5. The van der Waals surface area contributed by atoms with Gasteiger partial charge in [-0.15, -0.1) is 10.2 Å². The average Bonchev–Trinajstić information content (AvgIpc) is 3.32. The Morgan fingerprint density at radius 3 is 2.41 bits per heavy atom. The summed E-state index contributed by atoms with van der Waals surface area (Å²) in [6.07, 6.45) is 1.52. The maximum absolute atomic E-state index is 11.8. The smallest absolute Gasteiger partial charge is 0.342 e. The Morgan fingerprint density at radius 1 is 1.06 bits per heavy atom. The molecule has 0 atom stereocenters. The van der Waals surface area contributed by atoms with Crippen LogP contribution in [0.1, 0.15) is 16.7 Å². The van der Waals surface area contributed by atoms with Crippen LogP contribution in [-0.2, 0) is 11.4 Å². The van der Waals surface area contributed by atoms with Crippen LogP contribution < -0.4 is 4.74 Å². The van der Waals surface area contributed by atoms with Crippen molar-refractivity contribution in [2.75, 3.05) is 0 Å². The van der Waals surface area contributed by atoms with Gasteiger partial charge in [0.2, 0.25) is 5.89 Å². The van der Waals surface area contributed by atoms with E-state index in [1.807, 2.05) is 12.1 Å². The van der Waals surface area contributed by atoms with Crippen molar-refractivity contribution in [2.24, 2.45) is 0 Å². The Morgan fingerprint density at radius 2 is 1.76 bits per heavy atom. The zero-order chi connectivity index (χ0) is 23.9. The zero-order valence-corrected chi connectivity index (χ0v) is 19.1. The molecular formula is C25H16ClN3O4S. The van der Waals surface area contributed by atoms with Crippen LogP contribution in [0.2, 0.25) is 5.02 Å². The minimum absolute atomic E-state index is 0.0255. The summed E-state index contributed by atoms with van der Waals surface area (Å²) >= 11 is 6.76. The Bertz CT molecular complexity index is 1360. The molecule has 4 rings (SSSR count). The minimum atomic E-state index is -1.11. The topological polar surface area (TPSA) is 109 Å². The van der Waals surface area contributed by atoms with Gasteiger partial charge in [0.15, 0.2) is 0 Å². The predicted molar refractivity (Wildman–Crippen MR) is 128 cm³/mol. The van der Waals surface area contributed by atoms with Crippen LogP contribution in [0.5, 0.6) is 5.75 Å². The molecule has 0 fully saturated rings. The van der Waals surface area contributed by atoms with Crippen molar-refractivity contribution >= 4 is 35.4 Å². The van der Waals surface area contributed by atoms with Crippen molar-refractivity contribution in [3.8, 4) is 23.3 Å². The summed E-state index contributed by atoms with van der Waals surface area (Å²) in [5.41, 5.74) is 2.88. The maximum Gasteiger partial charge on any atom is 0.342 e. The second-order valence-corrected chi connectivity index (χ2v) is 8.39. The molecule has 0 saturated carbocycles. The van der Waals surface area contributed by atoms with Crippen molar-refractivity contribution in [2.45, 2.75) is 11.8 Å². The van der Waals surface area contributed by atoms with Crippen LogP contribution in [0.4, 0.5) is 0 Å². The van der Waals surface area contributed by atoms with E-state index < -0.39 is 5.97 Å². The number of thioether (sulfide) groups is 1. The lowest BCUT2D eigenvalue weighted by atomic mass is 10.1. The number of ether oxygens (including phenoxy) is 1. The first kappa shape index (κ1) is 23.1. The highest BCUT2D eigenvalue weighted by Crippen LogP contribution is 2.30. The van der Waals surface area contributed by atoms with Gasteiger partial charge in [-0.05, 0) is 77.5 Å². The van der Waals surface area contributed by atoms with Gasteiger partial charge < -0.3 is 14.3 Å². The summed E-state index contributed by atoms with van der Waals surface area (Å²) in [5.74, 6) is -0.208. The van der Waals surface area contributed by atoms with E-state index in [9.17, 15) is 9.90 Å². The molecule has 0 aliphatic carbocycles. The molecule has 0 radical (unpaired) electrons. The van der Waals surface area contributed by atoms with Crippen molar-refractivity contribution in [3.63, 3.8) is 0 Å². The van der Waals surface area contributed by atoms with Crippen LogP contribution in [0.15, 0.2) is 87.3 Å². The standard InChI is InChI=1S/C25H16ClN3O4S/c26-20-9-7-19(8-10-20)23-28-29-25(33-23)34-22(24(30)31)13-16-5-11-21(12-6-16)32-15-18-3-1-17(14-27)2-4-18/h1-13H,15H2,(H,30,31)/b22-13-. The molecule has 4 aromatic rings. The molecule has 0 amide bonds. The lowest BCUT2D eigenvalue weighted by Gasteiger charge is -2.07. The number of aliphatic carboxylic acids is 1. The number of nitrogens with zero attached hydrogens (tertiary/aromatic N) is 3. The van der Waals surface area contributed by atoms with E-state index in [-0.39, 0.29) is 16.0 Å². The summed E-state index contributed by atoms with van der Waals surface area (Å²) < 4.78 is 11.3. The monoisotopic (exact) mass is 489 g/mol. The SMILES string of the molecule is N#Cc1ccc(COc2ccc(/C=C(\Sc3nnc(-c4ccc(Cl)cc4)o3)C(=O)O)cc2)cc1. The Balaban J connectivity index is 1.42. The Labute approximate surface area is 204 Å². The first-order valence-electron chi connectivity index (χ1n) is 9.94. The van der Waals surface area contributed by atoms with Gasteiger partial charge in [-0.25, -0.2) is 4.79 Å². The quantitative estimate of drug-likeness (QED) is 0.235. The van der Waals surface area contributed by atoms with Gasteiger partial charge in [-0.3, -0.25) is 0 Å². The van der Waals surface area contributed by atoms with Crippen LogP contribution in [-0.4, -0.2) is 21.3 Å². The molecule has 34 heavy (non-hydrogen) atoms. The number of halogens is 1. The third-order valence-corrected chi connectivity index (χ3v) is 5.68. The van der Waals surface area contributed by atoms with Gasteiger partial charge >= 0.3 is 5.97 Å². The average molecular weight is 490 g/mol. The molecule has 168 valence electrons. The second kappa shape index (κ2) is 10.7. The normalized spacial score (nSPS) is 11.1. The zero-order valence-electron chi connectivity index (χ0n) is 17.5.